The number of aldehydes is 1. The van der Waals surface area contributed by atoms with E-state index in [0.717, 1.165) is 4.90 Å². The van der Waals surface area contributed by atoms with Crippen LogP contribution in [0.15, 0.2) is 0 Å². The van der Waals surface area contributed by atoms with Crippen LogP contribution < -0.4 is 0 Å². The molecule has 1 saturated heterocycles. The quantitative estimate of drug-likeness (QED) is 0.453. The number of rotatable bonds is 3. The van der Waals surface area contributed by atoms with E-state index < -0.39 is 6.04 Å². The third-order valence-corrected chi connectivity index (χ3v) is 2.17. The zero-order valence-corrected chi connectivity index (χ0v) is 7.69. The Kier molecular flexibility index (Phi) is 2.65. The Labute approximate surface area is 76.3 Å². The number of imide groups is 1. The maximum absolute atomic E-state index is 11.4. The summed E-state index contributed by atoms with van der Waals surface area (Å²) in [6, 6.07) is -0.801. The largest absolute Gasteiger partial charge is 0.327 e. The number of nitrogens with zero attached hydrogens (tertiary/aromatic N) is 2. The van der Waals surface area contributed by atoms with Gasteiger partial charge in [0.1, 0.15) is 12.3 Å². The van der Waals surface area contributed by atoms with Gasteiger partial charge in [0.2, 0.25) is 0 Å². The number of likely N-dealkylation sites (N-methyl/N-ethyl adjacent to an activating group) is 1. The van der Waals surface area contributed by atoms with Crippen molar-refractivity contribution in [2.24, 2.45) is 0 Å². The molecule has 1 unspecified atom stereocenters. The Morgan fingerprint density at radius 1 is 1.46 bits per heavy atom. The van der Waals surface area contributed by atoms with Crippen LogP contribution in [0.5, 0.6) is 0 Å². The lowest BCUT2D eigenvalue weighted by molar-refractivity contribution is -0.129. The SMILES string of the molecule is CCN1C(=O)N(CC=O)C(=O)C1C. The van der Waals surface area contributed by atoms with Crippen LogP contribution in [0.4, 0.5) is 4.79 Å². The molecule has 0 spiro atoms. The van der Waals surface area contributed by atoms with Crippen molar-refractivity contribution in [2.45, 2.75) is 19.9 Å². The fraction of sp³-hybridized carbons (Fsp3) is 0.625. The lowest BCUT2D eigenvalue weighted by Crippen LogP contribution is -2.34. The first kappa shape index (κ1) is 9.70. The first-order valence-electron chi connectivity index (χ1n) is 4.19. The van der Waals surface area contributed by atoms with Crippen molar-refractivity contribution in [3.63, 3.8) is 0 Å². The van der Waals surface area contributed by atoms with Crippen molar-refractivity contribution in [1.82, 2.24) is 9.80 Å². The molecule has 72 valence electrons. The van der Waals surface area contributed by atoms with Crippen LogP contribution in [0.1, 0.15) is 13.8 Å². The summed E-state index contributed by atoms with van der Waals surface area (Å²) < 4.78 is 0. The van der Waals surface area contributed by atoms with Gasteiger partial charge in [-0.15, -0.1) is 0 Å². The van der Waals surface area contributed by atoms with E-state index in [1.807, 2.05) is 0 Å². The Morgan fingerprint density at radius 3 is 2.46 bits per heavy atom. The molecular weight excluding hydrogens is 172 g/mol. The summed E-state index contributed by atoms with van der Waals surface area (Å²) in [5, 5.41) is 0. The van der Waals surface area contributed by atoms with Crippen LogP contribution >= 0.6 is 0 Å². The minimum absolute atomic E-state index is 0.140. The molecule has 1 aliphatic rings. The minimum Gasteiger partial charge on any atom is -0.313 e. The van der Waals surface area contributed by atoms with Gasteiger partial charge in [-0.05, 0) is 13.8 Å². The van der Waals surface area contributed by atoms with Gasteiger partial charge in [0, 0.05) is 6.54 Å². The number of hydrogen-bond donors (Lipinski definition) is 0. The molecule has 0 aromatic carbocycles. The van der Waals surface area contributed by atoms with E-state index in [-0.39, 0.29) is 18.5 Å². The predicted molar refractivity (Wildman–Crippen MR) is 45.0 cm³/mol. The average Bonchev–Trinajstić information content (AvgIpc) is 2.31. The summed E-state index contributed by atoms with van der Waals surface area (Å²) in [5.41, 5.74) is 0. The number of carbonyl (C=O) groups is 3. The number of amides is 3. The van der Waals surface area contributed by atoms with E-state index in [2.05, 4.69) is 0 Å². The maximum atomic E-state index is 11.4. The average molecular weight is 184 g/mol. The van der Waals surface area contributed by atoms with Crippen molar-refractivity contribution < 1.29 is 14.4 Å². The smallest absolute Gasteiger partial charge is 0.313 e. The van der Waals surface area contributed by atoms with Gasteiger partial charge in [-0.1, -0.05) is 0 Å². The van der Waals surface area contributed by atoms with E-state index >= 15 is 0 Å². The van der Waals surface area contributed by atoms with Crippen LogP contribution in [0.2, 0.25) is 0 Å². The molecule has 0 radical (unpaired) electrons. The molecule has 0 aliphatic carbocycles. The third-order valence-electron chi connectivity index (χ3n) is 2.17. The molecule has 1 atom stereocenters. The van der Waals surface area contributed by atoms with Gasteiger partial charge < -0.3 is 9.69 Å². The number of carbonyl (C=O) groups excluding carboxylic acids is 3. The fourth-order valence-electron chi connectivity index (χ4n) is 1.43. The van der Waals surface area contributed by atoms with E-state index in [9.17, 15) is 14.4 Å². The molecule has 13 heavy (non-hydrogen) atoms. The highest BCUT2D eigenvalue weighted by Crippen LogP contribution is 2.15. The second kappa shape index (κ2) is 3.55. The molecule has 3 amide bonds. The molecule has 1 aliphatic heterocycles. The third kappa shape index (κ3) is 1.41. The second-order valence-corrected chi connectivity index (χ2v) is 2.86. The second-order valence-electron chi connectivity index (χ2n) is 2.86. The first-order chi connectivity index (χ1) is 6.13. The maximum Gasteiger partial charge on any atom is 0.327 e. The Bertz CT molecular complexity index is 252. The van der Waals surface area contributed by atoms with Gasteiger partial charge in [-0.3, -0.25) is 9.69 Å². The summed E-state index contributed by atoms with van der Waals surface area (Å²) in [6.45, 7) is 3.81. The Morgan fingerprint density at radius 2 is 2.08 bits per heavy atom. The lowest BCUT2D eigenvalue weighted by Gasteiger charge is -2.15. The fourth-order valence-corrected chi connectivity index (χ4v) is 1.43. The molecule has 1 heterocycles. The lowest BCUT2D eigenvalue weighted by atomic mass is 10.3. The molecule has 0 saturated carbocycles. The van der Waals surface area contributed by atoms with Crippen LogP contribution in [0.25, 0.3) is 0 Å². The van der Waals surface area contributed by atoms with Crippen LogP contribution in [-0.4, -0.2) is 47.2 Å². The highest BCUT2D eigenvalue weighted by molar-refractivity contribution is 6.05. The standard InChI is InChI=1S/C8H12N2O3/c1-3-9-6(2)7(12)10(4-5-11)8(9)13/h5-6H,3-4H2,1-2H3. The summed E-state index contributed by atoms with van der Waals surface area (Å²) in [5.74, 6) is -0.293. The summed E-state index contributed by atoms with van der Waals surface area (Å²) >= 11 is 0. The minimum atomic E-state index is -0.433. The van der Waals surface area contributed by atoms with Gasteiger partial charge >= 0.3 is 6.03 Å². The van der Waals surface area contributed by atoms with E-state index in [1.165, 1.54) is 4.90 Å². The number of hydrogen-bond acceptors (Lipinski definition) is 3. The molecular formula is C8H12N2O3. The Hall–Kier alpha value is -1.39. The summed E-state index contributed by atoms with van der Waals surface area (Å²) in [7, 11) is 0. The van der Waals surface area contributed by atoms with Crippen molar-refractivity contribution in [2.75, 3.05) is 13.1 Å². The molecule has 0 N–H and O–H groups in total. The highest BCUT2D eigenvalue weighted by Gasteiger charge is 2.40. The van der Waals surface area contributed by atoms with Crippen molar-refractivity contribution in [3.05, 3.63) is 0 Å². The highest BCUT2D eigenvalue weighted by atomic mass is 16.2. The zero-order valence-electron chi connectivity index (χ0n) is 7.69. The van der Waals surface area contributed by atoms with Gasteiger partial charge in [0.25, 0.3) is 5.91 Å². The zero-order chi connectivity index (χ0) is 10.0. The predicted octanol–water partition coefficient (Wildman–Crippen LogP) is -0.142. The van der Waals surface area contributed by atoms with E-state index in [1.54, 1.807) is 13.8 Å². The molecule has 0 aromatic rings. The Balaban J connectivity index is 2.84. The van der Waals surface area contributed by atoms with Gasteiger partial charge in [-0.25, -0.2) is 4.79 Å². The monoisotopic (exact) mass is 184 g/mol. The van der Waals surface area contributed by atoms with Crippen molar-refractivity contribution in [1.29, 1.82) is 0 Å². The number of urea groups is 1. The van der Waals surface area contributed by atoms with Crippen molar-refractivity contribution in [3.8, 4) is 0 Å². The molecule has 1 fully saturated rings. The topological polar surface area (TPSA) is 57.7 Å². The normalized spacial score (nSPS) is 22.8. The van der Waals surface area contributed by atoms with Gasteiger partial charge in [0.15, 0.2) is 0 Å². The first-order valence-corrected chi connectivity index (χ1v) is 4.19. The van der Waals surface area contributed by atoms with E-state index in [0.29, 0.717) is 12.8 Å². The van der Waals surface area contributed by atoms with Crippen LogP contribution in [0, 0.1) is 0 Å². The van der Waals surface area contributed by atoms with Gasteiger partial charge in [0.05, 0.1) is 6.54 Å². The summed E-state index contributed by atoms with van der Waals surface area (Å²) in [6.07, 6.45) is 0.557. The molecule has 0 bridgehead atoms. The van der Waals surface area contributed by atoms with Crippen LogP contribution in [0.3, 0.4) is 0 Å². The van der Waals surface area contributed by atoms with Crippen LogP contribution in [-0.2, 0) is 9.59 Å². The molecule has 1 rings (SSSR count). The summed E-state index contributed by atoms with van der Waals surface area (Å²) in [4.78, 5) is 35.4. The van der Waals surface area contributed by atoms with Crippen molar-refractivity contribution >= 4 is 18.2 Å². The van der Waals surface area contributed by atoms with Gasteiger partial charge in [-0.2, -0.15) is 0 Å². The molecule has 5 nitrogen and oxygen atoms in total. The van der Waals surface area contributed by atoms with E-state index in [4.69, 9.17) is 0 Å². The molecule has 0 aromatic heterocycles. The molecule has 5 heteroatoms.